The van der Waals surface area contributed by atoms with Crippen LogP contribution in [0.4, 0.5) is 0 Å². The van der Waals surface area contributed by atoms with Gasteiger partial charge in [-0.1, -0.05) is 13.8 Å². The second-order valence-corrected chi connectivity index (χ2v) is 4.71. The maximum absolute atomic E-state index is 9.36. The summed E-state index contributed by atoms with van der Waals surface area (Å²) in [6, 6.07) is 0.322. The van der Waals surface area contributed by atoms with Gasteiger partial charge in [-0.15, -0.1) is 0 Å². The molecule has 86 valence electrons. The highest BCUT2D eigenvalue weighted by Crippen LogP contribution is 2.25. The normalized spacial score (nSPS) is 15.6. The summed E-state index contributed by atoms with van der Waals surface area (Å²) in [5, 5.41) is 13.5. The van der Waals surface area contributed by atoms with Crippen LogP contribution in [0.2, 0.25) is 0 Å². The van der Waals surface area contributed by atoms with Gasteiger partial charge in [-0.05, 0) is 25.7 Å². The van der Waals surface area contributed by atoms with Crippen molar-refractivity contribution in [2.45, 2.75) is 46.6 Å². The van der Waals surface area contributed by atoms with Crippen molar-refractivity contribution in [1.29, 1.82) is 0 Å². The van der Waals surface area contributed by atoms with Gasteiger partial charge in [0, 0.05) is 19.1 Å². The van der Waals surface area contributed by atoms with Crippen molar-refractivity contribution in [2.75, 3.05) is 6.61 Å². The van der Waals surface area contributed by atoms with E-state index in [1.165, 1.54) is 0 Å². The van der Waals surface area contributed by atoms with Gasteiger partial charge in [0.1, 0.15) is 12.2 Å². The molecular weight excluding hydrogens is 190 g/mol. The molecule has 0 saturated carbocycles. The monoisotopic (exact) mass is 211 g/mol. The Morgan fingerprint density at radius 2 is 2.20 bits per heavy atom. The van der Waals surface area contributed by atoms with Crippen LogP contribution in [0.1, 0.15) is 46.0 Å². The number of aliphatic hydroxyl groups is 1. The molecule has 1 unspecified atom stereocenters. The minimum atomic E-state index is -0.0837. The van der Waals surface area contributed by atoms with Crippen LogP contribution in [0.3, 0.4) is 0 Å². The molecule has 1 heterocycles. The minimum Gasteiger partial charge on any atom is -0.396 e. The highest BCUT2D eigenvalue weighted by molar-refractivity contribution is 4.93. The molecule has 4 nitrogen and oxygen atoms in total. The zero-order valence-electron chi connectivity index (χ0n) is 10.1. The van der Waals surface area contributed by atoms with E-state index in [4.69, 9.17) is 0 Å². The Morgan fingerprint density at radius 1 is 1.53 bits per heavy atom. The van der Waals surface area contributed by atoms with Crippen LogP contribution < -0.4 is 0 Å². The van der Waals surface area contributed by atoms with E-state index in [1.54, 1.807) is 6.33 Å². The topological polar surface area (TPSA) is 50.9 Å². The van der Waals surface area contributed by atoms with E-state index < -0.39 is 0 Å². The van der Waals surface area contributed by atoms with Crippen molar-refractivity contribution in [3.05, 3.63) is 12.2 Å². The van der Waals surface area contributed by atoms with Gasteiger partial charge in [-0.2, -0.15) is 5.10 Å². The molecule has 0 aliphatic heterocycles. The fraction of sp³-hybridized carbons (Fsp3) is 0.818. The Bertz CT molecular complexity index is 303. The third-order valence-electron chi connectivity index (χ3n) is 2.96. The van der Waals surface area contributed by atoms with Gasteiger partial charge in [0.15, 0.2) is 0 Å². The molecule has 0 spiro atoms. The van der Waals surface area contributed by atoms with Crippen molar-refractivity contribution in [3.63, 3.8) is 0 Å². The van der Waals surface area contributed by atoms with Crippen molar-refractivity contribution >= 4 is 0 Å². The van der Waals surface area contributed by atoms with Gasteiger partial charge >= 0.3 is 0 Å². The number of nitrogens with zero attached hydrogens (tertiary/aromatic N) is 3. The zero-order valence-corrected chi connectivity index (χ0v) is 10.1. The third kappa shape index (κ3) is 2.78. The molecule has 1 aromatic rings. The van der Waals surface area contributed by atoms with Crippen molar-refractivity contribution < 1.29 is 5.11 Å². The van der Waals surface area contributed by atoms with E-state index in [0.29, 0.717) is 6.04 Å². The van der Waals surface area contributed by atoms with Gasteiger partial charge in [-0.25, -0.2) is 9.67 Å². The van der Waals surface area contributed by atoms with E-state index in [9.17, 15) is 5.11 Å². The van der Waals surface area contributed by atoms with Crippen LogP contribution in [0, 0.1) is 5.41 Å². The quantitative estimate of drug-likeness (QED) is 0.808. The van der Waals surface area contributed by atoms with E-state index in [1.807, 2.05) is 4.68 Å². The van der Waals surface area contributed by atoms with Gasteiger partial charge in [0.2, 0.25) is 0 Å². The molecule has 0 amide bonds. The number of aromatic nitrogens is 3. The van der Waals surface area contributed by atoms with Crippen LogP contribution >= 0.6 is 0 Å². The van der Waals surface area contributed by atoms with Crippen molar-refractivity contribution in [3.8, 4) is 0 Å². The van der Waals surface area contributed by atoms with E-state index >= 15 is 0 Å². The van der Waals surface area contributed by atoms with Crippen LogP contribution in [-0.2, 0) is 6.42 Å². The SMILES string of the molecule is CCC(C)(CO)Cc1ncnn1C(C)C. The molecular formula is C11H21N3O. The van der Waals surface area contributed by atoms with Gasteiger partial charge in [0.25, 0.3) is 0 Å². The molecule has 0 radical (unpaired) electrons. The first-order chi connectivity index (χ1) is 7.02. The highest BCUT2D eigenvalue weighted by atomic mass is 16.3. The molecule has 15 heavy (non-hydrogen) atoms. The number of aliphatic hydroxyl groups excluding tert-OH is 1. The zero-order chi connectivity index (χ0) is 11.5. The molecule has 0 aliphatic rings. The van der Waals surface area contributed by atoms with Crippen molar-refractivity contribution in [1.82, 2.24) is 14.8 Å². The van der Waals surface area contributed by atoms with Gasteiger partial charge in [0.05, 0.1) is 0 Å². The maximum atomic E-state index is 9.36. The summed E-state index contributed by atoms with van der Waals surface area (Å²) >= 11 is 0. The van der Waals surface area contributed by atoms with Gasteiger partial charge < -0.3 is 5.11 Å². The Hall–Kier alpha value is -0.900. The number of rotatable bonds is 5. The fourth-order valence-corrected chi connectivity index (χ4v) is 1.51. The molecule has 0 aliphatic carbocycles. The molecule has 1 aromatic heterocycles. The lowest BCUT2D eigenvalue weighted by atomic mass is 9.84. The lowest BCUT2D eigenvalue weighted by Crippen LogP contribution is -2.25. The molecule has 1 rings (SSSR count). The lowest BCUT2D eigenvalue weighted by Gasteiger charge is -2.25. The van der Waals surface area contributed by atoms with Crippen LogP contribution in [0.25, 0.3) is 0 Å². The molecule has 0 aromatic carbocycles. The molecule has 0 saturated heterocycles. The first-order valence-electron chi connectivity index (χ1n) is 5.51. The van der Waals surface area contributed by atoms with Crippen LogP contribution in [-0.4, -0.2) is 26.5 Å². The van der Waals surface area contributed by atoms with E-state index in [2.05, 4.69) is 37.8 Å². The maximum Gasteiger partial charge on any atom is 0.138 e. The second kappa shape index (κ2) is 4.75. The molecule has 1 atom stereocenters. The standard InChI is InChI=1S/C11H21N3O/c1-5-11(4,7-15)6-10-12-8-13-14(10)9(2)3/h8-9,15H,5-7H2,1-4H3. The van der Waals surface area contributed by atoms with E-state index in [-0.39, 0.29) is 12.0 Å². The third-order valence-corrected chi connectivity index (χ3v) is 2.96. The largest absolute Gasteiger partial charge is 0.396 e. The Labute approximate surface area is 91.3 Å². The Kier molecular flexibility index (Phi) is 3.85. The summed E-state index contributed by atoms with van der Waals surface area (Å²) in [6.45, 7) is 8.52. The summed E-state index contributed by atoms with van der Waals surface area (Å²) in [5.41, 5.74) is -0.0837. The number of hydrogen-bond acceptors (Lipinski definition) is 3. The average Bonchev–Trinajstić information content (AvgIpc) is 2.65. The van der Waals surface area contributed by atoms with Gasteiger partial charge in [-0.3, -0.25) is 0 Å². The molecule has 0 bridgehead atoms. The van der Waals surface area contributed by atoms with Crippen molar-refractivity contribution in [2.24, 2.45) is 5.41 Å². The Morgan fingerprint density at radius 3 is 2.67 bits per heavy atom. The van der Waals surface area contributed by atoms with E-state index in [0.717, 1.165) is 18.7 Å². The first-order valence-corrected chi connectivity index (χ1v) is 5.51. The lowest BCUT2D eigenvalue weighted by molar-refractivity contribution is 0.133. The molecule has 0 fully saturated rings. The second-order valence-electron chi connectivity index (χ2n) is 4.71. The van der Waals surface area contributed by atoms with Crippen LogP contribution in [0.15, 0.2) is 6.33 Å². The van der Waals surface area contributed by atoms with Crippen LogP contribution in [0.5, 0.6) is 0 Å². The predicted octanol–water partition coefficient (Wildman–Crippen LogP) is 1.81. The minimum absolute atomic E-state index is 0.0837. The summed E-state index contributed by atoms with van der Waals surface area (Å²) in [7, 11) is 0. The predicted molar refractivity (Wildman–Crippen MR) is 59.6 cm³/mol. The first kappa shape index (κ1) is 12.2. The molecule has 4 heteroatoms. The fourth-order valence-electron chi connectivity index (χ4n) is 1.51. The Balaban J connectivity index is 2.84. The summed E-state index contributed by atoms with van der Waals surface area (Å²) in [5.74, 6) is 0.961. The smallest absolute Gasteiger partial charge is 0.138 e. The highest BCUT2D eigenvalue weighted by Gasteiger charge is 2.24. The average molecular weight is 211 g/mol. The summed E-state index contributed by atoms with van der Waals surface area (Å²) in [6.07, 6.45) is 3.30. The summed E-state index contributed by atoms with van der Waals surface area (Å²) in [4.78, 5) is 4.26. The number of hydrogen-bond donors (Lipinski definition) is 1. The molecule has 1 N–H and O–H groups in total. The summed E-state index contributed by atoms with van der Waals surface area (Å²) < 4.78 is 1.92.